The van der Waals surface area contributed by atoms with Crippen LogP contribution in [-0.4, -0.2) is 25.0 Å². The smallest absolute Gasteiger partial charge is 0.248 e. The predicted molar refractivity (Wildman–Crippen MR) is 120 cm³/mol. The summed E-state index contributed by atoms with van der Waals surface area (Å²) < 4.78 is 5.26. The lowest BCUT2D eigenvalue weighted by Crippen LogP contribution is -2.47. The predicted octanol–water partition coefficient (Wildman–Crippen LogP) is 5.28. The zero-order chi connectivity index (χ0) is 21.5. The Morgan fingerprint density at radius 1 is 1.13 bits per heavy atom. The maximum absolute atomic E-state index is 13.5. The largest absolute Gasteiger partial charge is 0.497 e. The van der Waals surface area contributed by atoms with Gasteiger partial charge in [0.15, 0.2) is 0 Å². The van der Waals surface area contributed by atoms with E-state index in [-0.39, 0.29) is 24.3 Å². The zero-order valence-electron chi connectivity index (χ0n) is 17.6. The fourth-order valence-electron chi connectivity index (χ4n) is 3.96. The van der Waals surface area contributed by atoms with Crippen molar-refractivity contribution < 1.29 is 14.3 Å². The highest BCUT2D eigenvalue weighted by Crippen LogP contribution is 2.32. The van der Waals surface area contributed by atoms with Gasteiger partial charge in [0.05, 0.1) is 7.11 Å². The molecule has 0 saturated heterocycles. The van der Waals surface area contributed by atoms with Crippen molar-refractivity contribution in [1.29, 1.82) is 0 Å². The van der Waals surface area contributed by atoms with E-state index in [1.165, 1.54) is 6.42 Å². The van der Waals surface area contributed by atoms with E-state index < -0.39 is 6.04 Å². The average molecular weight is 429 g/mol. The van der Waals surface area contributed by atoms with Crippen LogP contribution in [0.2, 0.25) is 5.02 Å². The number of methoxy groups -OCH3 is 1. The number of carbonyl (C=O) groups excluding carboxylic acids is 2. The number of ether oxygens (including phenoxy) is 1. The van der Waals surface area contributed by atoms with Crippen LogP contribution in [0.5, 0.6) is 5.75 Å². The van der Waals surface area contributed by atoms with Gasteiger partial charge in [-0.3, -0.25) is 14.5 Å². The van der Waals surface area contributed by atoms with Crippen molar-refractivity contribution in [2.45, 2.75) is 57.5 Å². The fraction of sp³-hybridized carbons (Fsp3) is 0.417. The topological polar surface area (TPSA) is 58.6 Å². The summed E-state index contributed by atoms with van der Waals surface area (Å²) in [6.07, 6.45) is 5.65. The van der Waals surface area contributed by atoms with E-state index in [0.29, 0.717) is 16.5 Å². The molecule has 0 heterocycles. The molecule has 1 aliphatic rings. The highest BCUT2D eigenvalue weighted by Gasteiger charge is 2.33. The van der Waals surface area contributed by atoms with Crippen molar-refractivity contribution in [3.63, 3.8) is 0 Å². The number of anilines is 1. The molecule has 6 heteroatoms. The normalized spacial score (nSPS) is 15.3. The summed E-state index contributed by atoms with van der Waals surface area (Å²) in [5, 5.41) is 3.71. The Morgan fingerprint density at radius 2 is 1.83 bits per heavy atom. The van der Waals surface area contributed by atoms with Gasteiger partial charge in [-0.1, -0.05) is 56.0 Å². The molecule has 1 saturated carbocycles. The van der Waals surface area contributed by atoms with Gasteiger partial charge in [-0.25, -0.2) is 0 Å². The molecule has 1 atom stereocenters. The Kier molecular flexibility index (Phi) is 7.75. The lowest BCUT2D eigenvalue weighted by atomic mass is 9.94. The molecular weight excluding hydrogens is 400 g/mol. The fourth-order valence-corrected chi connectivity index (χ4v) is 4.15. The average Bonchev–Trinajstić information content (AvgIpc) is 2.77. The molecule has 1 unspecified atom stereocenters. The summed E-state index contributed by atoms with van der Waals surface area (Å²) in [6.45, 7) is 1.80. The zero-order valence-corrected chi connectivity index (χ0v) is 18.3. The van der Waals surface area contributed by atoms with Gasteiger partial charge in [0, 0.05) is 23.2 Å². The first-order chi connectivity index (χ1) is 14.5. The van der Waals surface area contributed by atoms with Gasteiger partial charge >= 0.3 is 0 Å². The van der Waals surface area contributed by atoms with Gasteiger partial charge in [-0.15, -0.1) is 0 Å². The quantitative estimate of drug-likeness (QED) is 0.652. The van der Waals surface area contributed by atoms with E-state index >= 15 is 0 Å². The molecule has 0 radical (unpaired) electrons. The maximum Gasteiger partial charge on any atom is 0.248 e. The molecule has 0 bridgehead atoms. The Balaban J connectivity index is 2.01. The van der Waals surface area contributed by atoms with Gasteiger partial charge in [0.1, 0.15) is 11.8 Å². The van der Waals surface area contributed by atoms with E-state index in [1.54, 1.807) is 37.1 Å². The first-order valence-electron chi connectivity index (χ1n) is 10.6. The molecule has 1 fully saturated rings. The Bertz CT molecular complexity index is 863. The number of amides is 2. The summed E-state index contributed by atoms with van der Waals surface area (Å²) >= 11 is 6.21. The van der Waals surface area contributed by atoms with Crippen molar-refractivity contribution >= 4 is 29.1 Å². The number of nitrogens with zero attached hydrogens (tertiary/aromatic N) is 1. The number of nitrogens with one attached hydrogen (secondary N) is 1. The molecule has 30 heavy (non-hydrogen) atoms. The minimum absolute atomic E-state index is 0.142. The van der Waals surface area contributed by atoms with Crippen LogP contribution in [0.4, 0.5) is 5.69 Å². The summed E-state index contributed by atoms with van der Waals surface area (Å²) in [7, 11) is 1.60. The minimum atomic E-state index is -0.788. The first kappa shape index (κ1) is 22.2. The Morgan fingerprint density at radius 3 is 2.43 bits per heavy atom. The van der Waals surface area contributed by atoms with E-state index in [1.807, 2.05) is 30.3 Å². The lowest BCUT2D eigenvalue weighted by Gasteiger charge is -2.33. The molecule has 1 aliphatic carbocycles. The van der Waals surface area contributed by atoms with Gasteiger partial charge in [-0.05, 0) is 48.7 Å². The monoisotopic (exact) mass is 428 g/mol. The summed E-state index contributed by atoms with van der Waals surface area (Å²) in [5.74, 6) is 0.382. The number of benzene rings is 2. The van der Waals surface area contributed by atoms with Crippen molar-refractivity contribution in [2.75, 3.05) is 12.0 Å². The molecule has 0 spiro atoms. The van der Waals surface area contributed by atoms with Crippen LogP contribution >= 0.6 is 11.6 Å². The van der Waals surface area contributed by atoms with Crippen LogP contribution < -0.4 is 15.0 Å². The van der Waals surface area contributed by atoms with E-state index in [0.717, 1.165) is 31.2 Å². The third-order valence-electron chi connectivity index (χ3n) is 5.55. The third kappa shape index (κ3) is 5.33. The molecule has 1 N–H and O–H groups in total. The molecule has 160 valence electrons. The van der Waals surface area contributed by atoms with E-state index in [4.69, 9.17) is 16.3 Å². The van der Waals surface area contributed by atoms with Gasteiger partial charge in [0.25, 0.3) is 0 Å². The van der Waals surface area contributed by atoms with Crippen LogP contribution in [0.3, 0.4) is 0 Å². The standard InChI is InChI=1S/C24H29ClN2O3/c1-3-22(28)27(20-11-7-8-18(25)16-20)23(17-12-14-21(30-2)15-13-17)24(29)26-19-9-5-4-6-10-19/h7-8,11-16,19,23H,3-6,9-10H2,1-2H3,(H,26,29). The summed E-state index contributed by atoms with van der Waals surface area (Å²) in [5.41, 5.74) is 1.33. The first-order valence-corrected chi connectivity index (χ1v) is 10.9. The summed E-state index contributed by atoms with van der Waals surface area (Å²) in [6, 6.07) is 13.7. The molecular formula is C24H29ClN2O3. The number of rotatable bonds is 7. The Hall–Kier alpha value is -2.53. The number of halogens is 1. The minimum Gasteiger partial charge on any atom is -0.497 e. The second kappa shape index (κ2) is 10.5. The van der Waals surface area contributed by atoms with Crippen molar-refractivity contribution in [2.24, 2.45) is 0 Å². The van der Waals surface area contributed by atoms with Gasteiger partial charge in [0.2, 0.25) is 11.8 Å². The van der Waals surface area contributed by atoms with Crippen LogP contribution in [0.15, 0.2) is 48.5 Å². The molecule has 5 nitrogen and oxygen atoms in total. The number of hydrogen-bond donors (Lipinski definition) is 1. The number of hydrogen-bond acceptors (Lipinski definition) is 3. The van der Waals surface area contributed by atoms with Crippen LogP contribution in [-0.2, 0) is 9.59 Å². The summed E-state index contributed by atoms with van der Waals surface area (Å²) in [4.78, 5) is 28.1. The van der Waals surface area contributed by atoms with Crippen molar-refractivity contribution in [1.82, 2.24) is 5.32 Å². The second-order valence-corrected chi connectivity index (χ2v) is 8.05. The molecule has 3 rings (SSSR count). The second-order valence-electron chi connectivity index (χ2n) is 7.62. The van der Waals surface area contributed by atoms with Crippen molar-refractivity contribution in [3.05, 3.63) is 59.1 Å². The number of carbonyl (C=O) groups is 2. The Labute approximate surface area is 183 Å². The van der Waals surface area contributed by atoms with E-state index in [9.17, 15) is 9.59 Å². The van der Waals surface area contributed by atoms with Gasteiger partial charge in [-0.2, -0.15) is 0 Å². The van der Waals surface area contributed by atoms with Gasteiger partial charge < -0.3 is 10.1 Å². The molecule has 2 aromatic carbocycles. The molecule has 0 aliphatic heterocycles. The van der Waals surface area contributed by atoms with Crippen LogP contribution in [0.1, 0.15) is 57.1 Å². The van der Waals surface area contributed by atoms with Crippen LogP contribution in [0, 0.1) is 0 Å². The van der Waals surface area contributed by atoms with Crippen LogP contribution in [0.25, 0.3) is 0 Å². The maximum atomic E-state index is 13.5. The SMILES string of the molecule is CCC(=O)N(c1cccc(Cl)c1)C(C(=O)NC1CCCCC1)c1ccc(OC)cc1. The molecule has 0 aromatic heterocycles. The lowest BCUT2D eigenvalue weighted by molar-refractivity contribution is -0.127. The third-order valence-corrected chi connectivity index (χ3v) is 5.78. The van der Waals surface area contributed by atoms with Crippen molar-refractivity contribution in [3.8, 4) is 5.75 Å². The highest BCUT2D eigenvalue weighted by atomic mass is 35.5. The molecule has 2 aromatic rings. The highest BCUT2D eigenvalue weighted by molar-refractivity contribution is 6.31. The van der Waals surface area contributed by atoms with E-state index in [2.05, 4.69) is 5.32 Å². The molecule has 2 amide bonds.